The lowest BCUT2D eigenvalue weighted by molar-refractivity contribution is 0.273. The van der Waals surface area contributed by atoms with Crippen LogP contribution in [0.5, 0.6) is 0 Å². The Labute approximate surface area is 79.2 Å². The smallest absolute Gasteiger partial charge is 0.123 e. The Morgan fingerprint density at radius 2 is 1.69 bits per heavy atom. The fraction of sp³-hybridized carbons (Fsp3) is 0.455. The zero-order valence-corrected chi connectivity index (χ0v) is 8.42. The summed E-state index contributed by atoms with van der Waals surface area (Å²) in [5.74, 6) is -0.144. The van der Waals surface area contributed by atoms with Crippen LogP contribution in [0.4, 0.5) is 4.39 Å². The molecule has 0 unspecified atom stereocenters. The molecule has 1 aromatic rings. The van der Waals surface area contributed by atoms with Crippen molar-refractivity contribution >= 4 is 0 Å². The van der Waals surface area contributed by atoms with Crippen molar-refractivity contribution in [2.45, 2.75) is 26.7 Å². The van der Waals surface area contributed by atoms with Crippen LogP contribution < -0.4 is 0 Å². The first-order valence-corrected chi connectivity index (χ1v) is 4.60. The normalized spacial score (nSPS) is 11.5. The predicted octanol–water partition coefficient (Wildman–Crippen LogP) is 2.95. The Morgan fingerprint density at radius 1 is 1.23 bits per heavy atom. The summed E-state index contributed by atoms with van der Waals surface area (Å²) in [6.07, 6.45) is 0. The zero-order chi connectivity index (χ0) is 10.3. The molecule has 0 bridgehead atoms. The summed E-state index contributed by atoms with van der Waals surface area (Å²) in [5, 5.41) is 8.76. The van der Waals surface area contributed by atoms with Gasteiger partial charge in [0.25, 0.3) is 0 Å². The topological polar surface area (TPSA) is 20.2 Å². The first kappa shape index (κ1) is 12.1. The van der Waals surface area contributed by atoms with Crippen LogP contribution in [0.15, 0.2) is 24.3 Å². The van der Waals surface area contributed by atoms with Crippen LogP contribution in [0.1, 0.15) is 32.3 Å². The number of aliphatic hydroxyl groups is 1. The lowest BCUT2D eigenvalue weighted by Gasteiger charge is -2.06. The molecule has 0 heterocycles. The van der Waals surface area contributed by atoms with Crippen molar-refractivity contribution in [1.82, 2.24) is 0 Å². The number of halogens is 1. The molecule has 13 heavy (non-hydrogen) atoms. The van der Waals surface area contributed by atoms with Crippen molar-refractivity contribution in [2.24, 2.45) is 0 Å². The molecule has 74 valence electrons. The maximum atomic E-state index is 12.4. The lowest BCUT2D eigenvalue weighted by Crippen LogP contribution is -1.98. The highest BCUT2D eigenvalue weighted by atomic mass is 19.1. The van der Waals surface area contributed by atoms with Crippen molar-refractivity contribution in [1.29, 1.82) is 0 Å². The first-order valence-electron chi connectivity index (χ1n) is 4.60. The van der Waals surface area contributed by atoms with Gasteiger partial charge >= 0.3 is 0 Å². The van der Waals surface area contributed by atoms with Gasteiger partial charge in [0, 0.05) is 12.5 Å². The third kappa shape index (κ3) is 4.04. The van der Waals surface area contributed by atoms with E-state index >= 15 is 0 Å². The molecule has 2 heteroatoms. The van der Waals surface area contributed by atoms with Gasteiger partial charge in [-0.25, -0.2) is 4.39 Å². The molecule has 0 fully saturated rings. The molecule has 0 amide bonds. The summed E-state index contributed by atoms with van der Waals surface area (Å²) in [4.78, 5) is 0. The second kappa shape index (κ2) is 6.61. The largest absolute Gasteiger partial charge is 0.396 e. The monoisotopic (exact) mass is 184 g/mol. The van der Waals surface area contributed by atoms with Crippen LogP contribution in [-0.4, -0.2) is 11.7 Å². The van der Waals surface area contributed by atoms with Crippen molar-refractivity contribution < 1.29 is 9.50 Å². The summed E-state index contributed by atoms with van der Waals surface area (Å²) in [6.45, 7) is 6.00. The molecule has 1 nitrogen and oxygen atoms in total. The van der Waals surface area contributed by atoms with Crippen molar-refractivity contribution in [3.8, 4) is 0 Å². The summed E-state index contributed by atoms with van der Waals surface area (Å²) in [7, 11) is 0. The third-order valence-electron chi connectivity index (χ3n) is 1.71. The Bertz CT molecular complexity index is 218. The van der Waals surface area contributed by atoms with E-state index in [1.54, 1.807) is 12.1 Å². The van der Waals surface area contributed by atoms with Crippen LogP contribution in [-0.2, 0) is 0 Å². The van der Waals surface area contributed by atoms with Gasteiger partial charge in [-0.15, -0.1) is 0 Å². The Hall–Kier alpha value is -0.890. The molecule has 1 aromatic carbocycles. The van der Waals surface area contributed by atoms with E-state index in [2.05, 4.69) is 0 Å². The molecule has 1 N–H and O–H groups in total. The van der Waals surface area contributed by atoms with E-state index in [0.29, 0.717) is 0 Å². The Kier molecular flexibility index (Phi) is 6.15. The highest BCUT2D eigenvalue weighted by molar-refractivity contribution is 5.19. The predicted molar refractivity (Wildman–Crippen MR) is 53.2 cm³/mol. The molecular formula is C11H17FO. The molecule has 0 radical (unpaired) electrons. The molecule has 0 saturated heterocycles. The minimum absolute atomic E-state index is 0.0931. The second-order valence-corrected chi connectivity index (χ2v) is 2.64. The molecule has 0 aliphatic heterocycles. The molecule has 1 rings (SSSR count). The van der Waals surface area contributed by atoms with Crippen LogP contribution in [0.25, 0.3) is 0 Å². The fourth-order valence-electron chi connectivity index (χ4n) is 0.897. The van der Waals surface area contributed by atoms with Gasteiger partial charge in [0.05, 0.1) is 0 Å². The van der Waals surface area contributed by atoms with Gasteiger partial charge in [0.1, 0.15) is 5.82 Å². The Balaban J connectivity index is 0.000000671. The first-order chi connectivity index (χ1) is 6.24. The maximum Gasteiger partial charge on any atom is 0.123 e. The van der Waals surface area contributed by atoms with E-state index in [1.165, 1.54) is 12.1 Å². The highest BCUT2D eigenvalue weighted by Gasteiger charge is 2.02. The van der Waals surface area contributed by atoms with Gasteiger partial charge in [-0.2, -0.15) is 0 Å². The van der Waals surface area contributed by atoms with Crippen LogP contribution in [0, 0.1) is 5.82 Å². The number of hydrogen-bond donors (Lipinski definition) is 1. The highest BCUT2D eigenvalue weighted by Crippen LogP contribution is 2.13. The number of rotatable bonds is 2. The van der Waals surface area contributed by atoms with E-state index in [-0.39, 0.29) is 18.3 Å². The van der Waals surface area contributed by atoms with Crippen molar-refractivity contribution in [3.05, 3.63) is 35.6 Å². The molecule has 1 atom stereocenters. The van der Waals surface area contributed by atoms with E-state index in [1.807, 2.05) is 20.8 Å². The molecular weight excluding hydrogens is 167 g/mol. The zero-order valence-electron chi connectivity index (χ0n) is 8.42. The Morgan fingerprint density at radius 3 is 2.08 bits per heavy atom. The number of hydrogen-bond acceptors (Lipinski definition) is 1. The average molecular weight is 184 g/mol. The van der Waals surface area contributed by atoms with Gasteiger partial charge in [0.2, 0.25) is 0 Å². The van der Waals surface area contributed by atoms with Crippen molar-refractivity contribution in [2.75, 3.05) is 6.61 Å². The third-order valence-corrected chi connectivity index (χ3v) is 1.71. The van der Waals surface area contributed by atoms with E-state index in [4.69, 9.17) is 5.11 Å². The van der Waals surface area contributed by atoms with E-state index in [0.717, 1.165) is 5.56 Å². The quantitative estimate of drug-likeness (QED) is 0.749. The van der Waals surface area contributed by atoms with E-state index in [9.17, 15) is 4.39 Å². The average Bonchev–Trinajstić information content (AvgIpc) is 2.21. The van der Waals surface area contributed by atoms with Crippen LogP contribution in [0.3, 0.4) is 0 Å². The molecule has 0 aliphatic carbocycles. The summed E-state index contributed by atoms with van der Waals surface area (Å²) in [5.41, 5.74) is 0.967. The number of aliphatic hydroxyl groups excluding tert-OH is 1. The van der Waals surface area contributed by atoms with Crippen molar-refractivity contribution in [3.63, 3.8) is 0 Å². The molecule has 0 spiro atoms. The second-order valence-electron chi connectivity index (χ2n) is 2.64. The maximum absolute atomic E-state index is 12.4. The summed E-state index contributed by atoms with van der Waals surface area (Å²) in [6, 6.07) is 6.19. The molecule has 0 aliphatic rings. The minimum Gasteiger partial charge on any atom is -0.396 e. The van der Waals surface area contributed by atoms with Crippen LogP contribution >= 0.6 is 0 Å². The van der Waals surface area contributed by atoms with Gasteiger partial charge in [0.15, 0.2) is 0 Å². The lowest BCUT2D eigenvalue weighted by atomic mass is 10.0. The summed E-state index contributed by atoms with van der Waals surface area (Å²) < 4.78 is 12.4. The standard InChI is InChI=1S/C9H11FO.C2H6/c1-7(6-11)8-2-4-9(10)5-3-8;1-2/h2-5,7,11H,6H2,1H3;1-2H3/t7-;/m1./s1. The SMILES string of the molecule is CC.C[C@H](CO)c1ccc(F)cc1. The number of benzene rings is 1. The van der Waals surface area contributed by atoms with E-state index < -0.39 is 0 Å². The molecule has 0 aromatic heterocycles. The van der Waals surface area contributed by atoms with Gasteiger partial charge < -0.3 is 5.11 Å². The van der Waals surface area contributed by atoms with Gasteiger partial charge in [-0.05, 0) is 17.7 Å². The minimum atomic E-state index is -0.237. The van der Waals surface area contributed by atoms with Crippen LogP contribution in [0.2, 0.25) is 0 Å². The fourth-order valence-corrected chi connectivity index (χ4v) is 0.897. The van der Waals surface area contributed by atoms with Gasteiger partial charge in [-0.1, -0.05) is 32.9 Å². The molecule has 0 saturated carbocycles. The van der Waals surface area contributed by atoms with Gasteiger partial charge in [-0.3, -0.25) is 0 Å². The summed E-state index contributed by atoms with van der Waals surface area (Å²) >= 11 is 0.